The Bertz CT molecular complexity index is 1680. The second-order valence-corrected chi connectivity index (χ2v) is 12.3. The average molecular weight is 564 g/mol. The van der Waals surface area contributed by atoms with E-state index in [1.807, 2.05) is 6.92 Å². The molecule has 10 nitrogen and oxygen atoms in total. The summed E-state index contributed by atoms with van der Waals surface area (Å²) in [6, 6.07) is 1.42. The van der Waals surface area contributed by atoms with Crippen LogP contribution in [-0.4, -0.2) is 57.7 Å². The lowest BCUT2D eigenvalue weighted by Crippen LogP contribution is -2.58. The summed E-state index contributed by atoms with van der Waals surface area (Å²) >= 11 is 0. The maximum atomic E-state index is 14.2. The predicted molar refractivity (Wildman–Crippen MR) is 147 cm³/mol. The molecule has 0 fully saturated rings. The summed E-state index contributed by atoms with van der Waals surface area (Å²) < 4.78 is 11.7. The zero-order valence-electron chi connectivity index (χ0n) is 23.5. The van der Waals surface area contributed by atoms with Crippen LogP contribution >= 0.6 is 0 Å². The van der Waals surface area contributed by atoms with E-state index in [9.17, 15) is 34.8 Å². The Kier molecular flexibility index (Phi) is 5.54. The summed E-state index contributed by atoms with van der Waals surface area (Å²) in [6.07, 6.45) is 2.60. The molecule has 4 atom stereocenters. The molecular formula is C31H33NO9. The highest BCUT2D eigenvalue weighted by molar-refractivity contribution is 6.23. The van der Waals surface area contributed by atoms with Gasteiger partial charge in [0, 0.05) is 41.9 Å². The Labute approximate surface area is 236 Å². The lowest BCUT2D eigenvalue weighted by atomic mass is 9.54. The number of ketones is 2. The van der Waals surface area contributed by atoms with Gasteiger partial charge < -0.3 is 35.6 Å². The van der Waals surface area contributed by atoms with Gasteiger partial charge in [0.05, 0.1) is 24.2 Å². The van der Waals surface area contributed by atoms with Crippen LogP contribution in [0.25, 0.3) is 10.8 Å². The average Bonchev–Trinajstić information content (AvgIpc) is 3.26. The molecule has 6 N–H and O–H groups in total. The van der Waals surface area contributed by atoms with E-state index in [1.165, 1.54) is 20.3 Å². The standard InChI is InChI=1S/C31H33NO9/c1-12-7-6-8-29(2,3)30(12)11-13-18-20(16(34)10-17(40-4)23(18)30)24(35)22-19(13)25(41-5)14-9-15(33)21(28(32)38)26(36)31(14,39)27(22)37/h7,10,14,25,34-36,39H,6,8-9,11H2,1-5H3,(H2,32,38)/t14-,25-,30+,31-/m0/s1. The highest BCUT2D eigenvalue weighted by Crippen LogP contribution is 2.66. The molecule has 2 aromatic rings. The third-order valence-electron chi connectivity index (χ3n) is 10.3. The van der Waals surface area contributed by atoms with Crippen molar-refractivity contribution in [3.63, 3.8) is 0 Å². The van der Waals surface area contributed by atoms with Crippen molar-refractivity contribution in [2.75, 3.05) is 14.2 Å². The summed E-state index contributed by atoms with van der Waals surface area (Å²) in [4.78, 5) is 39.2. The van der Waals surface area contributed by atoms with Crippen LogP contribution in [-0.2, 0) is 26.2 Å². The van der Waals surface area contributed by atoms with Gasteiger partial charge in [0.15, 0.2) is 11.4 Å². The van der Waals surface area contributed by atoms with Gasteiger partial charge in [0.2, 0.25) is 5.78 Å². The maximum absolute atomic E-state index is 14.2. The number of hydrogen-bond acceptors (Lipinski definition) is 9. The fourth-order valence-electron chi connectivity index (χ4n) is 8.35. The number of rotatable bonds is 3. The van der Waals surface area contributed by atoms with Crippen molar-refractivity contribution < 1.29 is 44.3 Å². The fourth-order valence-corrected chi connectivity index (χ4v) is 8.35. The third-order valence-corrected chi connectivity index (χ3v) is 10.3. The monoisotopic (exact) mass is 563 g/mol. The molecule has 0 radical (unpaired) electrons. The number of nitrogens with two attached hydrogens (primary N) is 1. The summed E-state index contributed by atoms with van der Waals surface area (Å²) in [6.45, 7) is 6.36. The van der Waals surface area contributed by atoms with Crippen molar-refractivity contribution in [1.82, 2.24) is 0 Å². The predicted octanol–water partition coefficient (Wildman–Crippen LogP) is 3.32. The molecule has 1 amide bonds. The maximum Gasteiger partial charge on any atom is 0.255 e. The van der Waals surface area contributed by atoms with Crippen LogP contribution in [0.3, 0.4) is 0 Å². The number of aliphatic hydroxyl groups is 2. The topological polar surface area (TPSA) is 177 Å². The minimum Gasteiger partial charge on any atom is -0.508 e. The van der Waals surface area contributed by atoms with Crippen molar-refractivity contribution in [3.8, 4) is 17.2 Å². The molecule has 6 rings (SSSR count). The second kappa shape index (κ2) is 8.33. The Balaban J connectivity index is 1.78. The molecule has 41 heavy (non-hydrogen) atoms. The number of carbonyl (C=O) groups is 3. The van der Waals surface area contributed by atoms with Crippen molar-refractivity contribution in [1.29, 1.82) is 0 Å². The molecule has 0 saturated carbocycles. The van der Waals surface area contributed by atoms with Gasteiger partial charge in [-0.1, -0.05) is 25.5 Å². The molecule has 4 aliphatic rings. The number of benzene rings is 2. The molecule has 0 saturated heterocycles. The quantitative estimate of drug-likeness (QED) is 0.277. The van der Waals surface area contributed by atoms with Crippen LogP contribution < -0.4 is 10.5 Å². The number of amides is 1. The number of methoxy groups -OCH3 is 2. The largest absolute Gasteiger partial charge is 0.508 e. The van der Waals surface area contributed by atoms with Crippen molar-refractivity contribution in [3.05, 3.63) is 51.3 Å². The van der Waals surface area contributed by atoms with Crippen LogP contribution in [0, 0.1) is 11.3 Å². The Morgan fingerprint density at radius 2 is 1.80 bits per heavy atom. The normalized spacial score (nSPS) is 30.0. The van der Waals surface area contributed by atoms with Gasteiger partial charge in [-0.15, -0.1) is 0 Å². The highest BCUT2D eigenvalue weighted by Gasteiger charge is 2.64. The van der Waals surface area contributed by atoms with E-state index >= 15 is 0 Å². The number of aliphatic hydroxyl groups excluding tert-OH is 1. The van der Waals surface area contributed by atoms with Crippen LogP contribution in [0.1, 0.15) is 73.2 Å². The van der Waals surface area contributed by atoms with Crippen LogP contribution in [0.5, 0.6) is 17.2 Å². The fraction of sp³-hybridized carbons (Fsp3) is 0.452. The lowest BCUT2D eigenvalue weighted by Gasteiger charge is -2.49. The van der Waals surface area contributed by atoms with E-state index in [4.69, 9.17) is 15.2 Å². The Morgan fingerprint density at radius 3 is 2.39 bits per heavy atom. The van der Waals surface area contributed by atoms with Gasteiger partial charge in [-0.25, -0.2) is 0 Å². The number of primary amides is 1. The summed E-state index contributed by atoms with van der Waals surface area (Å²) in [7, 11) is 2.86. The molecule has 0 aromatic heterocycles. The van der Waals surface area contributed by atoms with Crippen LogP contribution in [0.4, 0.5) is 0 Å². The lowest BCUT2D eigenvalue weighted by molar-refractivity contribution is -0.131. The van der Waals surface area contributed by atoms with Crippen molar-refractivity contribution in [2.45, 2.75) is 63.6 Å². The smallest absolute Gasteiger partial charge is 0.255 e. The highest BCUT2D eigenvalue weighted by atomic mass is 16.5. The van der Waals surface area contributed by atoms with Gasteiger partial charge in [-0.3, -0.25) is 14.4 Å². The molecule has 216 valence electrons. The molecule has 0 bridgehead atoms. The Morgan fingerprint density at radius 1 is 1.12 bits per heavy atom. The first kappa shape index (κ1) is 27.3. The van der Waals surface area contributed by atoms with Gasteiger partial charge >= 0.3 is 0 Å². The third kappa shape index (κ3) is 2.96. The number of ether oxygens (including phenoxy) is 2. The zero-order valence-corrected chi connectivity index (χ0v) is 23.5. The van der Waals surface area contributed by atoms with Crippen molar-refractivity contribution in [2.24, 2.45) is 17.1 Å². The number of phenolic OH excluding ortho intramolecular Hbond substituents is 2. The molecule has 10 heteroatoms. The van der Waals surface area contributed by atoms with E-state index in [0.717, 1.165) is 24.0 Å². The van der Waals surface area contributed by atoms with Gasteiger partial charge in [0.25, 0.3) is 5.91 Å². The number of allylic oxidation sites excluding steroid dienone is 2. The zero-order chi connectivity index (χ0) is 30.0. The number of fused-ring (bicyclic) bond motifs is 4. The molecule has 2 aromatic carbocycles. The molecule has 0 unspecified atom stereocenters. The number of aromatic hydroxyl groups is 2. The SMILES string of the molecule is COc1cc(O)c2c(O)c3c(c4c2c1[C@@]1(C4)C(C)=CCCC1(C)C)[C@@H](OC)[C@@H]1CC(=O)C(C(N)=O)=C(O)[C@]1(O)C3=O. The Hall–Kier alpha value is -3.89. The van der Waals surface area contributed by atoms with Crippen molar-refractivity contribution >= 4 is 28.2 Å². The van der Waals surface area contributed by atoms with E-state index in [0.29, 0.717) is 23.1 Å². The van der Waals surface area contributed by atoms with E-state index in [1.54, 1.807) is 0 Å². The summed E-state index contributed by atoms with van der Waals surface area (Å²) in [5.41, 5.74) is 3.16. The van der Waals surface area contributed by atoms with Crippen LogP contribution in [0.15, 0.2) is 29.0 Å². The van der Waals surface area contributed by atoms with Gasteiger partial charge in [-0.2, -0.15) is 0 Å². The van der Waals surface area contributed by atoms with E-state index in [-0.39, 0.29) is 27.7 Å². The molecule has 4 aliphatic carbocycles. The molecule has 0 aliphatic heterocycles. The molecule has 1 spiro atoms. The number of hydrogen-bond donors (Lipinski definition) is 5. The minimum absolute atomic E-state index is 0.0105. The van der Waals surface area contributed by atoms with E-state index in [2.05, 4.69) is 19.9 Å². The van der Waals surface area contributed by atoms with Crippen LogP contribution in [0.2, 0.25) is 0 Å². The molecule has 0 heterocycles. The number of Topliss-reactive ketones (excluding diaryl/α,β-unsaturated/α-hetero) is 2. The first-order valence-corrected chi connectivity index (χ1v) is 13.6. The first-order valence-electron chi connectivity index (χ1n) is 13.6. The van der Waals surface area contributed by atoms with Gasteiger partial charge in [0.1, 0.15) is 28.6 Å². The van der Waals surface area contributed by atoms with Gasteiger partial charge in [-0.05, 0) is 42.7 Å². The summed E-state index contributed by atoms with van der Waals surface area (Å²) in [5, 5.41) is 46.3. The first-order chi connectivity index (χ1) is 19.2. The van der Waals surface area contributed by atoms with E-state index < -0.39 is 64.0 Å². The summed E-state index contributed by atoms with van der Waals surface area (Å²) in [5.74, 6) is -6.20. The second-order valence-electron chi connectivity index (χ2n) is 12.3. The minimum atomic E-state index is -2.77. The number of carbonyl (C=O) groups excluding carboxylic acids is 3. The molecular weight excluding hydrogens is 530 g/mol. The number of phenols is 2.